The van der Waals surface area contributed by atoms with Crippen LogP contribution in [-0.4, -0.2) is 66.0 Å². The summed E-state index contributed by atoms with van der Waals surface area (Å²) < 4.78 is 4.77. The van der Waals surface area contributed by atoms with Crippen molar-refractivity contribution >= 4 is 43.9 Å². The standard InChI is InChI=1S/C20H19N3O3PS.C13H15NO2/c1-27-16-10-2-3-11-17-28-26-25-22-21-19(18-12-6-4-7-13-18)20(24)23-14-8-5-9-15-23;15-12(11-7-3-1-4-8-11)13(16)14-9-5-2-6-10-14/h4,6-7,12-13,22H,5,8-9,14-15H2,1H3;1,3-4,7-8H,2,5-6,9-10H2/q-1;/b21-19+;. The van der Waals surface area contributed by atoms with Gasteiger partial charge in [-0.2, -0.15) is 12.3 Å². The first-order valence-corrected chi connectivity index (χ1v) is 16.3. The summed E-state index contributed by atoms with van der Waals surface area (Å²) in [4.78, 5) is 44.8. The van der Waals surface area contributed by atoms with E-state index in [4.69, 9.17) is 9.32 Å². The molecule has 0 aromatic heterocycles. The third-order valence-electron chi connectivity index (χ3n) is 6.48. The Morgan fingerprint density at radius 1 is 0.750 bits per heavy atom. The zero-order valence-corrected chi connectivity index (χ0v) is 26.3. The fourth-order valence-corrected chi connectivity index (χ4v) is 4.70. The molecule has 2 amide bonds. The number of carbonyl (C=O) groups excluding carboxylic acids is 3. The number of hydrogen-bond donors (Lipinski definition) is 1. The summed E-state index contributed by atoms with van der Waals surface area (Å²) in [6.07, 6.45) is 6.32. The lowest BCUT2D eigenvalue weighted by molar-refractivity contribution is -0.243. The van der Waals surface area contributed by atoms with Crippen LogP contribution in [0.3, 0.4) is 0 Å². The second-order valence-electron chi connectivity index (χ2n) is 9.49. The van der Waals surface area contributed by atoms with Crippen LogP contribution in [0.1, 0.15) is 54.4 Å². The maximum atomic E-state index is 12.8. The minimum Gasteiger partial charge on any atom is -0.455 e. The highest BCUT2D eigenvalue weighted by atomic mass is 32.2. The van der Waals surface area contributed by atoms with E-state index in [1.165, 1.54) is 0 Å². The fraction of sp³-hybridized carbons (Fsp3) is 0.333. The molecule has 2 heterocycles. The van der Waals surface area contributed by atoms with Crippen molar-refractivity contribution in [1.82, 2.24) is 15.4 Å². The first-order chi connectivity index (χ1) is 21.6. The Balaban J connectivity index is 0.000000278. The van der Waals surface area contributed by atoms with Gasteiger partial charge < -0.3 is 18.4 Å². The average Bonchev–Trinajstić information content (AvgIpc) is 3.10. The quantitative estimate of drug-likeness (QED) is 0.0511. The topological polar surface area (TPSA) is 101 Å². The molecule has 2 aromatic rings. The molecule has 2 aromatic carbocycles. The minimum absolute atomic E-state index is 0.141. The van der Waals surface area contributed by atoms with Gasteiger partial charge in [-0.15, -0.1) is 9.44 Å². The highest BCUT2D eigenvalue weighted by Gasteiger charge is 2.24. The molecule has 44 heavy (non-hydrogen) atoms. The average molecular weight is 630 g/mol. The number of nitrogens with one attached hydrogen (secondary N) is 1. The smallest absolute Gasteiger partial charge is 0.294 e. The summed E-state index contributed by atoms with van der Waals surface area (Å²) in [5.41, 5.74) is 6.53. The summed E-state index contributed by atoms with van der Waals surface area (Å²) >= 11 is 0.738. The van der Waals surface area contributed by atoms with Crippen LogP contribution < -0.4 is 5.59 Å². The van der Waals surface area contributed by atoms with Crippen molar-refractivity contribution in [3.05, 3.63) is 71.8 Å². The fourth-order valence-electron chi connectivity index (χ4n) is 4.34. The van der Waals surface area contributed by atoms with Crippen LogP contribution in [0.2, 0.25) is 0 Å². The zero-order chi connectivity index (χ0) is 31.2. The Morgan fingerprint density at radius 2 is 1.30 bits per heavy atom. The molecule has 0 unspecified atom stereocenters. The molecule has 0 saturated carbocycles. The van der Waals surface area contributed by atoms with E-state index in [0.717, 1.165) is 85.3 Å². The van der Waals surface area contributed by atoms with Crippen molar-refractivity contribution < 1.29 is 23.7 Å². The maximum Gasteiger partial charge on any atom is 0.294 e. The molecule has 2 aliphatic heterocycles. The number of likely N-dealkylation sites (tertiary alicyclic amines) is 2. The van der Waals surface area contributed by atoms with Crippen LogP contribution >= 0.6 is 20.6 Å². The van der Waals surface area contributed by atoms with Crippen LogP contribution in [0.4, 0.5) is 0 Å². The molecule has 4 rings (SSSR count). The highest BCUT2D eigenvalue weighted by molar-refractivity contribution is 7.99. The Bertz CT molecular complexity index is 1440. The van der Waals surface area contributed by atoms with Crippen LogP contribution in [-0.2, 0) is 18.9 Å². The van der Waals surface area contributed by atoms with Crippen LogP contribution in [0.15, 0.2) is 65.8 Å². The number of Topliss-reactive ketones (excluding diaryl/α,β-unsaturated/α-hetero) is 1. The lowest BCUT2D eigenvalue weighted by atomic mass is 10.1. The van der Waals surface area contributed by atoms with E-state index in [1.807, 2.05) is 43.1 Å². The summed E-state index contributed by atoms with van der Waals surface area (Å²) in [6.45, 7) is 4.82. The van der Waals surface area contributed by atoms with Gasteiger partial charge in [0, 0.05) is 48.5 Å². The van der Waals surface area contributed by atoms with Crippen molar-refractivity contribution in [2.45, 2.75) is 38.5 Å². The van der Waals surface area contributed by atoms with Gasteiger partial charge in [-0.25, -0.2) is 0 Å². The van der Waals surface area contributed by atoms with Gasteiger partial charge in [0.2, 0.25) is 5.78 Å². The molecular weight excluding hydrogens is 595 g/mol. The van der Waals surface area contributed by atoms with Gasteiger partial charge in [-0.1, -0.05) is 65.7 Å². The van der Waals surface area contributed by atoms with Crippen molar-refractivity contribution in [3.8, 4) is 34.6 Å². The number of rotatable bonds is 8. The predicted octanol–water partition coefficient (Wildman–Crippen LogP) is 4.89. The molecule has 2 fully saturated rings. The molecule has 0 aliphatic carbocycles. The minimum atomic E-state index is -0.387. The number of ketones is 1. The molecule has 2 aliphatic rings. The van der Waals surface area contributed by atoms with Gasteiger partial charge >= 0.3 is 0 Å². The van der Waals surface area contributed by atoms with Gasteiger partial charge in [-0.05, 0) is 56.3 Å². The highest BCUT2D eigenvalue weighted by Crippen LogP contribution is 2.13. The number of piperidine rings is 2. The Kier molecular flexibility index (Phi) is 16.2. The summed E-state index contributed by atoms with van der Waals surface area (Å²) in [7, 11) is 0.964. The van der Waals surface area contributed by atoms with Gasteiger partial charge in [-0.3, -0.25) is 20.0 Å². The Labute approximate surface area is 265 Å². The first-order valence-electron chi connectivity index (χ1n) is 14.3. The first kappa shape index (κ1) is 34.4. The van der Waals surface area contributed by atoms with Crippen LogP contribution in [0, 0.1) is 34.6 Å². The molecule has 0 radical (unpaired) electrons. The maximum absolute atomic E-state index is 12.8. The molecule has 9 nitrogen and oxygen atoms in total. The van der Waals surface area contributed by atoms with E-state index in [1.54, 1.807) is 34.1 Å². The largest absolute Gasteiger partial charge is 0.455 e. The number of hydrazone groups is 1. The Morgan fingerprint density at radius 3 is 1.89 bits per heavy atom. The molecule has 228 valence electrons. The van der Waals surface area contributed by atoms with E-state index in [9.17, 15) is 14.4 Å². The molecular formula is C33H34N4O5PS-. The molecule has 11 heteroatoms. The second kappa shape index (κ2) is 20.7. The summed E-state index contributed by atoms with van der Waals surface area (Å²) in [6, 6.07) is 18.0. The van der Waals surface area contributed by atoms with E-state index in [-0.39, 0.29) is 23.3 Å². The normalized spacial score (nSPS) is 14.4. The third-order valence-corrected chi connectivity index (χ3v) is 7.13. The predicted molar refractivity (Wildman–Crippen MR) is 174 cm³/mol. The van der Waals surface area contributed by atoms with Gasteiger partial charge in [0.25, 0.3) is 11.8 Å². The lowest BCUT2D eigenvalue weighted by Crippen LogP contribution is -2.41. The summed E-state index contributed by atoms with van der Waals surface area (Å²) in [5, 5.41) is 6.63. The van der Waals surface area contributed by atoms with E-state index >= 15 is 0 Å². The molecule has 0 bridgehead atoms. The van der Waals surface area contributed by atoms with Crippen molar-refractivity contribution in [2.75, 3.05) is 32.8 Å². The van der Waals surface area contributed by atoms with Crippen LogP contribution in [0.25, 0.3) is 0 Å². The van der Waals surface area contributed by atoms with Gasteiger partial charge in [0.15, 0.2) is 5.71 Å². The van der Waals surface area contributed by atoms with E-state index in [0.29, 0.717) is 11.1 Å². The van der Waals surface area contributed by atoms with E-state index in [2.05, 4.69) is 45.3 Å². The number of benzene rings is 2. The molecule has 0 spiro atoms. The molecule has 0 atom stereocenters. The number of carbonyl (C=O) groups is 3. The zero-order valence-electron chi connectivity index (χ0n) is 24.6. The number of amides is 2. The van der Waals surface area contributed by atoms with Crippen molar-refractivity contribution in [2.24, 2.45) is 5.10 Å². The monoisotopic (exact) mass is 629 g/mol. The van der Waals surface area contributed by atoms with Gasteiger partial charge in [0.1, 0.15) is 12.0 Å². The van der Waals surface area contributed by atoms with Crippen LogP contribution in [0.5, 0.6) is 0 Å². The number of nitrogens with zero attached hydrogens (tertiary/aromatic N) is 3. The second-order valence-corrected chi connectivity index (χ2v) is 10.7. The number of hydrogen-bond acceptors (Lipinski definition) is 8. The van der Waals surface area contributed by atoms with Crippen molar-refractivity contribution in [1.29, 1.82) is 0 Å². The Hall–Kier alpha value is -4.10. The summed E-state index contributed by atoms with van der Waals surface area (Å²) in [5.74, 6) is 9.45. The van der Waals surface area contributed by atoms with E-state index < -0.39 is 0 Å². The molecule has 2 saturated heterocycles. The van der Waals surface area contributed by atoms with Crippen molar-refractivity contribution in [3.63, 3.8) is 0 Å². The molecule has 1 N–H and O–H groups in total. The van der Waals surface area contributed by atoms with Gasteiger partial charge in [0.05, 0.1) is 0 Å². The SMILES string of the molecule is C[P-]C#CC#CC#CSOON/N=C(/C(=O)N1CCCCC1)c1ccccc1.O=C(C(=O)N1CCCCC1)c1ccccc1. The lowest BCUT2D eigenvalue weighted by Gasteiger charge is -2.27. The third kappa shape index (κ3) is 12.3.